The van der Waals surface area contributed by atoms with Gasteiger partial charge in [-0.2, -0.15) is 0 Å². The Morgan fingerprint density at radius 2 is 2.00 bits per heavy atom. The number of unbranched alkanes of at least 4 members (excludes halogenated alkanes) is 1. The van der Waals surface area contributed by atoms with Crippen molar-refractivity contribution in [2.24, 2.45) is 0 Å². The molecule has 1 unspecified atom stereocenters. The lowest BCUT2D eigenvalue weighted by Crippen LogP contribution is -2.36. The van der Waals surface area contributed by atoms with Crippen LogP contribution in [0.3, 0.4) is 0 Å². The molecule has 126 valence electrons. The average molecular weight is 324 g/mol. The van der Waals surface area contributed by atoms with E-state index in [2.05, 4.69) is 29.9 Å². The second-order valence-corrected chi connectivity index (χ2v) is 6.40. The molecule has 0 bridgehead atoms. The Balaban J connectivity index is 1.78. The fourth-order valence-electron chi connectivity index (χ4n) is 3.14. The van der Waals surface area contributed by atoms with Crippen molar-refractivity contribution in [2.75, 3.05) is 23.4 Å². The highest BCUT2D eigenvalue weighted by Crippen LogP contribution is 2.32. The molecule has 5 nitrogen and oxygen atoms in total. The number of fused-ring (bicyclic) bond motifs is 1. The number of hydrogen-bond acceptors (Lipinski definition) is 4. The lowest BCUT2D eigenvalue weighted by Gasteiger charge is -2.23. The predicted octanol–water partition coefficient (Wildman–Crippen LogP) is 3.30. The largest absolute Gasteiger partial charge is 0.344 e. The van der Waals surface area contributed by atoms with Crippen LogP contribution in [-0.2, 0) is 6.42 Å². The molecule has 0 spiro atoms. The van der Waals surface area contributed by atoms with Crippen LogP contribution in [0.25, 0.3) is 0 Å². The zero-order valence-corrected chi connectivity index (χ0v) is 14.6. The van der Waals surface area contributed by atoms with Gasteiger partial charge in [-0.15, -0.1) is 0 Å². The number of benzene rings is 1. The van der Waals surface area contributed by atoms with Gasteiger partial charge in [0.15, 0.2) is 0 Å². The van der Waals surface area contributed by atoms with Crippen molar-refractivity contribution in [2.45, 2.75) is 39.2 Å². The molecule has 0 aliphatic carbocycles. The van der Waals surface area contributed by atoms with E-state index in [0.717, 1.165) is 31.5 Å². The minimum atomic E-state index is -0.0322. The van der Waals surface area contributed by atoms with Gasteiger partial charge >= 0.3 is 0 Å². The molecule has 1 aromatic carbocycles. The molecule has 0 saturated heterocycles. The summed E-state index contributed by atoms with van der Waals surface area (Å²) in [6, 6.07) is 8.23. The molecule has 1 aromatic heterocycles. The van der Waals surface area contributed by atoms with Crippen molar-refractivity contribution in [3.63, 3.8) is 0 Å². The van der Waals surface area contributed by atoms with E-state index in [1.165, 1.54) is 5.56 Å². The Kier molecular flexibility index (Phi) is 4.79. The van der Waals surface area contributed by atoms with Crippen molar-refractivity contribution in [3.05, 3.63) is 47.8 Å². The van der Waals surface area contributed by atoms with Gasteiger partial charge in [-0.1, -0.05) is 31.5 Å². The first-order valence-electron chi connectivity index (χ1n) is 8.56. The second-order valence-electron chi connectivity index (χ2n) is 6.40. The van der Waals surface area contributed by atoms with Crippen LogP contribution in [0.15, 0.2) is 36.7 Å². The molecule has 0 radical (unpaired) electrons. The highest BCUT2D eigenvalue weighted by atomic mass is 16.2. The highest BCUT2D eigenvalue weighted by Gasteiger charge is 2.31. The van der Waals surface area contributed by atoms with Crippen LogP contribution in [0.2, 0.25) is 0 Å². The number of carbonyl (C=O) groups excluding carboxylic acids is 1. The topological polar surface area (TPSA) is 49.3 Å². The molecular weight excluding hydrogens is 300 g/mol. The van der Waals surface area contributed by atoms with E-state index in [1.54, 1.807) is 12.4 Å². The maximum atomic E-state index is 12.9. The van der Waals surface area contributed by atoms with Crippen molar-refractivity contribution in [1.82, 2.24) is 9.97 Å². The van der Waals surface area contributed by atoms with Gasteiger partial charge in [-0.05, 0) is 31.4 Å². The number of aromatic nitrogens is 2. The van der Waals surface area contributed by atoms with E-state index in [1.807, 2.05) is 35.0 Å². The van der Waals surface area contributed by atoms with E-state index in [0.29, 0.717) is 11.5 Å². The molecule has 1 amide bonds. The number of carbonyl (C=O) groups is 1. The minimum Gasteiger partial charge on any atom is -0.344 e. The van der Waals surface area contributed by atoms with Crippen LogP contribution in [0.4, 0.5) is 11.6 Å². The summed E-state index contributed by atoms with van der Waals surface area (Å²) in [5.41, 5.74) is 2.75. The summed E-state index contributed by atoms with van der Waals surface area (Å²) in [6.45, 7) is 5.15. The SMILES string of the molecule is CCCCN(C)c1ncc(C(=O)N2c3ccccc3CC2C)cn1. The lowest BCUT2D eigenvalue weighted by atomic mass is 10.1. The van der Waals surface area contributed by atoms with E-state index in [9.17, 15) is 4.79 Å². The fourth-order valence-corrected chi connectivity index (χ4v) is 3.14. The van der Waals surface area contributed by atoms with E-state index >= 15 is 0 Å². The number of para-hydroxylation sites is 1. The quantitative estimate of drug-likeness (QED) is 0.847. The van der Waals surface area contributed by atoms with Gasteiger partial charge in [0.1, 0.15) is 0 Å². The molecule has 0 fully saturated rings. The van der Waals surface area contributed by atoms with Crippen LogP contribution < -0.4 is 9.80 Å². The van der Waals surface area contributed by atoms with Gasteiger partial charge in [-0.25, -0.2) is 9.97 Å². The molecule has 5 heteroatoms. The standard InChI is InChI=1S/C19H24N4O/c1-4-5-10-22(3)19-20-12-16(13-21-19)18(24)23-14(2)11-15-8-6-7-9-17(15)23/h6-9,12-14H,4-5,10-11H2,1-3H3. The Labute approximate surface area is 143 Å². The van der Waals surface area contributed by atoms with Crippen LogP contribution in [0.5, 0.6) is 0 Å². The third-order valence-corrected chi connectivity index (χ3v) is 4.50. The number of rotatable bonds is 5. The summed E-state index contributed by atoms with van der Waals surface area (Å²) in [7, 11) is 1.98. The molecule has 1 aliphatic rings. The van der Waals surface area contributed by atoms with E-state index in [4.69, 9.17) is 0 Å². The third kappa shape index (κ3) is 3.11. The summed E-state index contributed by atoms with van der Waals surface area (Å²) in [5.74, 6) is 0.630. The van der Waals surface area contributed by atoms with E-state index < -0.39 is 0 Å². The first-order chi connectivity index (χ1) is 11.6. The molecule has 2 aromatic rings. The van der Waals surface area contributed by atoms with Crippen LogP contribution in [0, 0.1) is 0 Å². The van der Waals surface area contributed by atoms with Gasteiger partial charge in [0.2, 0.25) is 5.95 Å². The van der Waals surface area contributed by atoms with Gasteiger partial charge in [0.25, 0.3) is 5.91 Å². The minimum absolute atomic E-state index is 0.0322. The van der Waals surface area contributed by atoms with Gasteiger partial charge < -0.3 is 9.80 Å². The zero-order valence-electron chi connectivity index (χ0n) is 14.6. The number of nitrogens with zero attached hydrogens (tertiary/aromatic N) is 4. The van der Waals surface area contributed by atoms with Crippen LogP contribution >= 0.6 is 0 Å². The van der Waals surface area contributed by atoms with Gasteiger partial charge in [0.05, 0.1) is 5.56 Å². The van der Waals surface area contributed by atoms with Crippen LogP contribution in [0.1, 0.15) is 42.6 Å². The summed E-state index contributed by atoms with van der Waals surface area (Å²) in [4.78, 5) is 25.5. The molecule has 2 heterocycles. The molecule has 1 atom stereocenters. The first kappa shape index (κ1) is 16.4. The summed E-state index contributed by atoms with van der Waals surface area (Å²) < 4.78 is 0. The summed E-state index contributed by atoms with van der Waals surface area (Å²) in [6.07, 6.45) is 6.40. The second kappa shape index (κ2) is 6.99. The molecule has 0 saturated carbocycles. The monoisotopic (exact) mass is 324 g/mol. The van der Waals surface area contributed by atoms with Crippen molar-refractivity contribution >= 4 is 17.5 Å². The number of amides is 1. The molecule has 24 heavy (non-hydrogen) atoms. The number of anilines is 2. The molecular formula is C19H24N4O. The van der Waals surface area contributed by atoms with Crippen molar-refractivity contribution in [1.29, 1.82) is 0 Å². The van der Waals surface area contributed by atoms with Crippen LogP contribution in [-0.4, -0.2) is 35.5 Å². The molecule has 1 aliphatic heterocycles. The maximum absolute atomic E-state index is 12.9. The summed E-state index contributed by atoms with van der Waals surface area (Å²) >= 11 is 0. The average Bonchev–Trinajstić information content (AvgIpc) is 2.95. The Morgan fingerprint density at radius 3 is 2.71 bits per heavy atom. The van der Waals surface area contributed by atoms with Gasteiger partial charge in [-0.3, -0.25) is 4.79 Å². The Bertz CT molecular complexity index is 714. The Hall–Kier alpha value is -2.43. The smallest absolute Gasteiger partial charge is 0.261 e. The maximum Gasteiger partial charge on any atom is 0.261 e. The van der Waals surface area contributed by atoms with Crippen molar-refractivity contribution < 1.29 is 4.79 Å². The third-order valence-electron chi connectivity index (χ3n) is 4.50. The van der Waals surface area contributed by atoms with Crippen molar-refractivity contribution in [3.8, 4) is 0 Å². The first-order valence-corrected chi connectivity index (χ1v) is 8.56. The molecule has 0 N–H and O–H groups in total. The predicted molar refractivity (Wildman–Crippen MR) is 96.6 cm³/mol. The Morgan fingerprint density at radius 1 is 1.29 bits per heavy atom. The van der Waals surface area contributed by atoms with E-state index in [-0.39, 0.29) is 11.9 Å². The summed E-state index contributed by atoms with van der Waals surface area (Å²) in [5, 5.41) is 0. The normalized spacial score (nSPS) is 16.1. The number of hydrogen-bond donors (Lipinski definition) is 0. The lowest BCUT2D eigenvalue weighted by molar-refractivity contribution is 0.0981. The zero-order chi connectivity index (χ0) is 17.1. The fraction of sp³-hybridized carbons (Fsp3) is 0.421. The highest BCUT2D eigenvalue weighted by molar-refractivity contribution is 6.07. The van der Waals surface area contributed by atoms with Gasteiger partial charge in [0, 0.05) is 37.7 Å². The molecule has 3 rings (SSSR count).